The number of hydrogen-bond acceptors (Lipinski definition) is 2. The minimum atomic E-state index is -0.351. The van der Waals surface area contributed by atoms with Crippen LogP contribution in [0.5, 0.6) is 0 Å². The smallest absolute Gasteiger partial charge is 0.0707 e. The Morgan fingerprint density at radius 2 is 1.00 bits per heavy atom. The van der Waals surface area contributed by atoms with Crippen LogP contribution in [0.15, 0.2) is 97.1 Å². The van der Waals surface area contributed by atoms with Gasteiger partial charge in [0.2, 0.25) is 0 Å². The lowest BCUT2D eigenvalue weighted by molar-refractivity contribution is 0.402. The Kier molecular flexibility index (Phi) is 6.12. The van der Waals surface area contributed by atoms with Gasteiger partial charge in [-0.15, -0.1) is 0 Å². The molecule has 0 bridgehead atoms. The van der Waals surface area contributed by atoms with E-state index in [-0.39, 0.29) is 5.41 Å². The Labute approximate surface area is 204 Å². The monoisotopic (exact) mass is 446 g/mol. The Balaban J connectivity index is 1.86. The van der Waals surface area contributed by atoms with Crippen molar-refractivity contribution >= 4 is 0 Å². The normalized spacial score (nSPS) is 14.2. The fourth-order valence-corrected chi connectivity index (χ4v) is 5.76. The summed E-state index contributed by atoms with van der Waals surface area (Å²) in [6.45, 7) is 1.85. The minimum Gasteiger partial charge on any atom is -0.305 e. The lowest BCUT2D eigenvalue weighted by Crippen LogP contribution is -2.36. The summed E-state index contributed by atoms with van der Waals surface area (Å²) in [5, 5.41) is 0. The van der Waals surface area contributed by atoms with Gasteiger partial charge in [0.15, 0.2) is 0 Å². The van der Waals surface area contributed by atoms with E-state index < -0.39 is 0 Å². The first kappa shape index (κ1) is 22.6. The molecule has 2 heteroatoms. The number of rotatable bonds is 6. The highest BCUT2D eigenvalue weighted by molar-refractivity contribution is 5.67. The van der Waals surface area contributed by atoms with Crippen molar-refractivity contribution in [2.45, 2.75) is 24.9 Å². The molecule has 0 spiro atoms. The zero-order valence-corrected chi connectivity index (χ0v) is 20.8. The Morgan fingerprint density at radius 3 is 1.44 bits per heavy atom. The topological polar surface area (TPSA) is 6.48 Å². The van der Waals surface area contributed by atoms with Gasteiger partial charge in [0.1, 0.15) is 0 Å². The molecule has 4 aromatic carbocycles. The first-order valence-corrected chi connectivity index (χ1v) is 12.1. The van der Waals surface area contributed by atoms with Gasteiger partial charge in [0.25, 0.3) is 0 Å². The predicted octanol–water partition coefficient (Wildman–Crippen LogP) is 6.10. The molecule has 0 saturated heterocycles. The average Bonchev–Trinajstić information content (AvgIpc) is 2.82. The van der Waals surface area contributed by atoms with E-state index in [0.717, 1.165) is 19.5 Å². The van der Waals surface area contributed by atoms with Crippen molar-refractivity contribution in [3.63, 3.8) is 0 Å². The lowest BCUT2D eigenvalue weighted by Gasteiger charge is -2.42. The van der Waals surface area contributed by atoms with E-state index in [1.807, 2.05) is 0 Å². The number of nitrogens with zero attached hydrogens (tertiary/aromatic N) is 2. The molecule has 0 saturated carbocycles. The summed E-state index contributed by atoms with van der Waals surface area (Å²) in [6, 6.07) is 36.6. The van der Waals surface area contributed by atoms with Gasteiger partial charge < -0.3 is 9.80 Å². The molecule has 0 radical (unpaired) electrons. The van der Waals surface area contributed by atoms with E-state index in [2.05, 4.69) is 135 Å². The van der Waals surface area contributed by atoms with Gasteiger partial charge in [0.05, 0.1) is 5.41 Å². The number of benzene rings is 4. The van der Waals surface area contributed by atoms with Crippen molar-refractivity contribution in [1.82, 2.24) is 9.80 Å². The molecular weight excluding hydrogens is 412 g/mol. The van der Waals surface area contributed by atoms with Crippen LogP contribution in [0.3, 0.4) is 0 Å². The molecule has 0 heterocycles. The van der Waals surface area contributed by atoms with E-state index >= 15 is 0 Å². The van der Waals surface area contributed by atoms with Gasteiger partial charge in [-0.3, -0.25) is 0 Å². The third-order valence-electron chi connectivity index (χ3n) is 6.94. The van der Waals surface area contributed by atoms with Crippen LogP contribution in [-0.2, 0) is 24.9 Å². The van der Waals surface area contributed by atoms with E-state index in [0.29, 0.717) is 0 Å². The summed E-state index contributed by atoms with van der Waals surface area (Å²) in [6.07, 6.45) is 0.975. The first-order chi connectivity index (χ1) is 16.5. The molecule has 5 rings (SSSR count). The SMILES string of the molecule is CN(C)Cc1cccc(C2(c3cccc(CN(C)C)c3)c3ccccc3Cc3ccccc32)c1. The maximum atomic E-state index is 2.43. The van der Waals surface area contributed by atoms with Crippen LogP contribution in [-0.4, -0.2) is 38.0 Å². The van der Waals surface area contributed by atoms with Crippen molar-refractivity contribution in [3.05, 3.63) is 142 Å². The highest BCUT2D eigenvalue weighted by Gasteiger charge is 2.43. The fraction of sp³-hybridized carbons (Fsp3) is 0.250. The Hall–Kier alpha value is -3.20. The minimum absolute atomic E-state index is 0.351. The van der Waals surface area contributed by atoms with Crippen molar-refractivity contribution < 1.29 is 0 Å². The van der Waals surface area contributed by atoms with E-state index in [1.54, 1.807) is 0 Å². The van der Waals surface area contributed by atoms with Crippen LogP contribution >= 0.6 is 0 Å². The fourth-order valence-electron chi connectivity index (χ4n) is 5.76. The molecule has 34 heavy (non-hydrogen) atoms. The summed E-state index contributed by atoms with van der Waals surface area (Å²) in [5.74, 6) is 0. The molecule has 4 aromatic rings. The van der Waals surface area contributed by atoms with Crippen LogP contribution in [0.2, 0.25) is 0 Å². The van der Waals surface area contributed by atoms with E-state index in [1.165, 1.54) is 44.5 Å². The molecule has 1 aliphatic rings. The maximum absolute atomic E-state index is 2.43. The second-order valence-corrected chi connectivity index (χ2v) is 10.1. The Bertz CT molecular complexity index is 1200. The summed E-state index contributed by atoms with van der Waals surface area (Å²) < 4.78 is 0. The molecule has 0 amide bonds. The predicted molar refractivity (Wildman–Crippen MR) is 142 cm³/mol. The molecule has 0 aliphatic heterocycles. The first-order valence-electron chi connectivity index (χ1n) is 12.1. The van der Waals surface area contributed by atoms with Gasteiger partial charge in [-0.2, -0.15) is 0 Å². The molecular formula is C32H34N2. The maximum Gasteiger partial charge on any atom is 0.0707 e. The van der Waals surface area contributed by atoms with E-state index in [4.69, 9.17) is 0 Å². The summed E-state index contributed by atoms with van der Waals surface area (Å²) in [5.41, 5.74) is 10.6. The quantitative estimate of drug-likeness (QED) is 0.311. The summed E-state index contributed by atoms with van der Waals surface area (Å²) >= 11 is 0. The second kappa shape index (κ2) is 9.21. The van der Waals surface area contributed by atoms with Crippen molar-refractivity contribution in [2.24, 2.45) is 0 Å². The standard InChI is InChI=1S/C32H34N2/c1-33(2)22-24-11-9-15-28(19-24)32(29-16-10-12-25(20-29)23-34(3)4)30-17-7-5-13-26(30)21-27-14-6-8-18-31(27)32/h5-20H,21-23H2,1-4H3. The summed E-state index contributed by atoms with van der Waals surface area (Å²) in [7, 11) is 8.55. The third-order valence-corrected chi connectivity index (χ3v) is 6.94. The van der Waals surface area contributed by atoms with Crippen molar-refractivity contribution in [3.8, 4) is 0 Å². The number of hydrogen-bond donors (Lipinski definition) is 0. The van der Waals surface area contributed by atoms with E-state index in [9.17, 15) is 0 Å². The molecule has 2 nitrogen and oxygen atoms in total. The molecule has 1 aliphatic carbocycles. The van der Waals surface area contributed by atoms with Gasteiger partial charge in [-0.1, -0.05) is 97.1 Å². The molecule has 0 aromatic heterocycles. The molecule has 0 atom stereocenters. The molecule has 0 unspecified atom stereocenters. The van der Waals surface area contributed by atoms with Crippen LogP contribution in [0.25, 0.3) is 0 Å². The average molecular weight is 447 g/mol. The van der Waals surface area contributed by atoms with Gasteiger partial charge in [-0.05, 0) is 79.1 Å². The second-order valence-electron chi connectivity index (χ2n) is 10.1. The van der Waals surface area contributed by atoms with Crippen LogP contribution in [0.1, 0.15) is 44.5 Å². The zero-order valence-electron chi connectivity index (χ0n) is 20.8. The highest BCUT2D eigenvalue weighted by Crippen LogP contribution is 2.51. The van der Waals surface area contributed by atoms with Gasteiger partial charge in [-0.25, -0.2) is 0 Å². The van der Waals surface area contributed by atoms with Crippen molar-refractivity contribution in [1.29, 1.82) is 0 Å². The van der Waals surface area contributed by atoms with Gasteiger partial charge >= 0.3 is 0 Å². The highest BCUT2D eigenvalue weighted by atomic mass is 15.1. The molecule has 0 fully saturated rings. The lowest BCUT2D eigenvalue weighted by atomic mass is 9.59. The van der Waals surface area contributed by atoms with Crippen LogP contribution < -0.4 is 0 Å². The van der Waals surface area contributed by atoms with Crippen LogP contribution in [0.4, 0.5) is 0 Å². The molecule has 172 valence electrons. The van der Waals surface area contributed by atoms with Crippen LogP contribution in [0, 0.1) is 0 Å². The third kappa shape index (κ3) is 3.98. The largest absolute Gasteiger partial charge is 0.305 e. The summed E-state index contributed by atoms with van der Waals surface area (Å²) in [4.78, 5) is 4.48. The Morgan fingerprint density at radius 1 is 0.559 bits per heavy atom. The number of fused-ring (bicyclic) bond motifs is 2. The zero-order chi connectivity index (χ0) is 23.7. The van der Waals surface area contributed by atoms with Gasteiger partial charge in [0, 0.05) is 13.1 Å². The van der Waals surface area contributed by atoms with Crippen molar-refractivity contribution in [2.75, 3.05) is 28.2 Å². The molecule has 0 N–H and O–H groups in total.